The first-order valence-corrected chi connectivity index (χ1v) is 8.88. The molecule has 0 atom stereocenters. The lowest BCUT2D eigenvalue weighted by Gasteiger charge is -2.16. The lowest BCUT2D eigenvalue weighted by atomic mass is 10.1. The van der Waals surface area contributed by atoms with E-state index in [1.807, 2.05) is 42.5 Å². The van der Waals surface area contributed by atoms with E-state index in [4.69, 9.17) is 0 Å². The summed E-state index contributed by atoms with van der Waals surface area (Å²) in [5, 5.41) is 2.83. The van der Waals surface area contributed by atoms with Crippen LogP contribution in [0, 0.1) is 0 Å². The molecule has 0 radical (unpaired) electrons. The highest BCUT2D eigenvalue weighted by molar-refractivity contribution is 5.98. The minimum atomic E-state index is -0.145. The van der Waals surface area contributed by atoms with Crippen molar-refractivity contribution in [2.24, 2.45) is 0 Å². The zero-order valence-electron chi connectivity index (χ0n) is 14.6. The van der Waals surface area contributed by atoms with Crippen LogP contribution in [0.25, 0.3) is 0 Å². The van der Waals surface area contributed by atoms with Crippen molar-refractivity contribution in [2.75, 3.05) is 11.4 Å². The first-order valence-electron chi connectivity index (χ1n) is 8.88. The molecule has 1 saturated heterocycles. The highest BCUT2D eigenvalue weighted by Crippen LogP contribution is 2.21. The zero-order chi connectivity index (χ0) is 18.4. The Morgan fingerprint density at radius 1 is 0.962 bits per heavy atom. The maximum Gasteiger partial charge on any atom is 0.227 e. The van der Waals surface area contributed by atoms with Gasteiger partial charge in [-0.05, 0) is 24.1 Å². The normalized spacial score (nSPS) is 13.7. The van der Waals surface area contributed by atoms with Crippen LogP contribution < -0.4 is 10.2 Å². The van der Waals surface area contributed by atoms with Crippen LogP contribution in [-0.4, -0.2) is 24.1 Å². The molecular formula is C21H22N2O3. The van der Waals surface area contributed by atoms with Gasteiger partial charge in [0.1, 0.15) is 0 Å². The fourth-order valence-corrected chi connectivity index (χ4v) is 3.00. The number of hydrogen-bond acceptors (Lipinski definition) is 3. The molecular weight excluding hydrogens is 328 g/mol. The molecule has 5 nitrogen and oxygen atoms in total. The molecule has 3 rings (SSSR count). The van der Waals surface area contributed by atoms with E-state index >= 15 is 0 Å². The van der Waals surface area contributed by atoms with E-state index in [0.29, 0.717) is 18.5 Å². The van der Waals surface area contributed by atoms with Crippen LogP contribution in [0.3, 0.4) is 0 Å². The molecule has 1 N–H and O–H groups in total. The van der Waals surface area contributed by atoms with Crippen molar-refractivity contribution in [1.82, 2.24) is 5.32 Å². The second-order valence-corrected chi connectivity index (χ2v) is 6.38. The van der Waals surface area contributed by atoms with Gasteiger partial charge < -0.3 is 10.2 Å². The molecule has 2 amide bonds. The summed E-state index contributed by atoms with van der Waals surface area (Å²) in [5.74, 6) is -0.0115. The number of hydrogen-bond donors (Lipinski definition) is 1. The predicted octanol–water partition coefficient (Wildman–Crippen LogP) is 3.09. The Labute approximate surface area is 153 Å². The van der Waals surface area contributed by atoms with Gasteiger partial charge in [-0.25, -0.2) is 0 Å². The third-order valence-corrected chi connectivity index (χ3v) is 4.49. The Morgan fingerprint density at radius 2 is 1.69 bits per heavy atom. The average molecular weight is 350 g/mol. The molecule has 1 fully saturated rings. The molecule has 0 aromatic heterocycles. The maximum absolute atomic E-state index is 12.0. The van der Waals surface area contributed by atoms with Crippen LogP contribution in [0.1, 0.15) is 41.6 Å². The van der Waals surface area contributed by atoms with E-state index in [-0.39, 0.29) is 30.4 Å². The quantitative estimate of drug-likeness (QED) is 0.780. The first kappa shape index (κ1) is 17.9. The number of nitrogens with one attached hydrogen (secondary N) is 1. The van der Waals surface area contributed by atoms with Crippen molar-refractivity contribution in [2.45, 2.75) is 32.2 Å². The topological polar surface area (TPSA) is 66.5 Å². The highest BCUT2D eigenvalue weighted by Gasteiger charge is 2.21. The molecule has 0 bridgehead atoms. The van der Waals surface area contributed by atoms with Gasteiger partial charge in [-0.15, -0.1) is 0 Å². The molecule has 0 aliphatic carbocycles. The Bertz CT molecular complexity index is 785. The molecule has 2 aromatic carbocycles. The molecule has 1 aliphatic heterocycles. The van der Waals surface area contributed by atoms with Crippen molar-refractivity contribution in [3.8, 4) is 0 Å². The Morgan fingerprint density at radius 3 is 2.35 bits per heavy atom. The van der Waals surface area contributed by atoms with Gasteiger partial charge >= 0.3 is 0 Å². The van der Waals surface area contributed by atoms with Crippen LogP contribution in [0.4, 0.5) is 5.69 Å². The molecule has 0 spiro atoms. The van der Waals surface area contributed by atoms with Gasteiger partial charge in [-0.2, -0.15) is 0 Å². The Kier molecular flexibility index (Phi) is 5.79. The summed E-state index contributed by atoms with van der Waals surface area (Å²) in [6.45, 7) is 1.18. The summed E-state index contributed by atoms with van der Waals surface area (Å²) < 4.78 is 0. The second kappa shape index (κ2) is 8.43. The molecule has 0 saturated carbocycles. The standard InChI is InChI=1S/C21H22N2O3/c24-19(17-5-2-1-3-6-17)12-13-20(25)22-15-16-8-10-18(11-9-16)23-14-4-7-21(23)26/h1-3,5-6,8-11H,4,7,12-15H2,(H,22,25). The smallest absolute Gasteiger partial charge is 0.227 e. The molecule has 0 unspecified atom stereocenters. The fraction of sp³-hybridized carbons (Fsp3) is 0.286. The van der Waals surface area contributed by atoms with Crippen LogP contribution in [0.2, 0.25) is 0 Å². The number of carbonyl (C=O) groups excluding carboxylic acids is 3. The minimum absolute atomic E-state index is 0.0274. The summed E-state index contributed by atoms with van der Waals surface area (Å²) in [7, 11) is 0. The third-order valence-electron chi connectivity index (χ3n) is 4.49. The lowest BCUT2D eigenvalue weighted by Crippen LogP contribution is -2.24. The largest absolute Gasteiger partial charge is 0.352 e. The number of Topliss-reactive ketones (excluding diaryl/α,β-unsaturated/α-hetero) is 1. The number of benzene rings is 2. The molecule has 134 valence electrons. The van der Waals surface area contributed by atoms with Gasteiger partial charge in [0.25, 0.3) is 0 Å². The van der Waals surface area contributed by atoms with Gasteiger partial charge in [0.2, 0.25) is 11.8 Å². The number of anilines is 1. The van der Waals surface area contributed by atoms with Crippen molar-refractivity contribution >= 4 is 23.3 Å². The van der Waals surface area contributed by atoms with E-state index in [1.54, 1.807) is 17.0 Å². The van der Waals surface area contributed by atoms with Gasteiger partial charge in [-0.1, -0.05) is 42.5 Å². The maximum atomic E-state index is 12.0. The number of rotatable bonds is 7. The van der Waals surface area contributed by atoms with Crippen molar-refractivity contribution in [3.05, 3.63) is 65.7 Å². The molecule has 1 heterocycles. The van der Waals surface area contributed by atoms with E-state index in [0.717, 1.165) is 24.2 Å². The average Bonchev–Trinajstić information content (AvgIpc) is 3.11. The lowest BCUT2D eigenvalue weighted by molar-refractivity contribution is -0.121. The number of ketones is 1. The monoisotopic (exact) mass is 350 g/mol. The van der Waals surface area contributed by atoms with Crippen LogP contribution in [0.5, 0.6) is 0 Å². The van der Waals surface area contributed by atoms with Crippen molar-refractivity contribution < 1.29 is 14.4 Å². The van der Waals surface area contributed by atoms with E-state index < -0.39 is 0 Å². The zero-order valence-corrected chi connectivity index (χ0v) is 14.6. The van der Waals surface area contributed by atoms with Crippen molar-refractivity contribution in [1.29, 1.82) is 0 Å². The summed E-state index contributed by atoms with van der Waals surface area (Å²) in [6.07, 6.45) is 1.89. The number of nitrogens with zero attached hydrogens (tertiary/aromatic N) is 1. The minimum Gasteiger partial charge on any atom is -0.352 e. The van der Waals surface area contributed by atoms with Gasteiger partial charge in [-0.3, -0.25) is 14.4 Å². The van der Waals surface area contributed by atoms with E-state index in [1.165, 1.54) is 0 Å². The first-order chi connectivity index (χ1) is 12.6. The number of amides is 2. The summed E-state index contributed by atoms with van der Waals surface area (Å²) in [4.78, 5) is 37.5. The predicted molar refractivity (Wildman–Crippen MR) is 99.9 cm³/mol. The molecule has 26 heavy (non-hydrogen) atoms. The van der Waals surface area contributed by atoms with Gasteiger partial charge in [0.05, 0.1) is 0 Å². The summed E-state index contributed by atoms with van der Waals surface area (Å²) >= 11 is 0. The Hall–Kier alpha value is -2.95. The Balaban J connectivity index is 1.44. The summed E-state index contributed by atoms with van der Waals surface area (Å²) in [5.41, 5.74) is 2.49. The fourth-order valence-electron chi connectivity index (χ4n) is 3.00. The van der Waals surface area contributed by atoms with Crippen LogP contribution in [-0.2, 0) is 16.1 Å². The number of carbonyl (C=O) groups is 3. The van der Waals surface area contributed by atoms with Crippen LogP contribution >= 0.6 is 0 Å². The van der Waals surface area contributed by atoms with Gasteiger partial charge in [0.15, 0.2) is 5.78 Å². The molecule has 2 aromatic rings. The van der Waals surface area contributed by atoms with Crippen molar-refractivity contribution in [3.63, 3.8) is 0 Å². The van der Waals surface area contributed by atoms with E-state index in [9.17, 15) is 14.4 Å². The second-order valence-electron chi connectivity index (χ2n) is 6.38. The molecule has 1 aliphatic rings. The van der Waals surface area contributed by atoms with E-state index in [2.05, 4.69) is 5.32 Å². The van der Waals surface area contributed by atoms with Gasteiger partial charge in [0, 0.05) is 43.6 Å². The van der Waals surface area contributed by atoms with Crippen LogP contribution in [0.15, 0.2) is 54.6 Å². The molecule has 5 heteroatoms. The summed E-state index contributed by atoms with van der Waals surface area (Å²) in [6, 6.07) is 16.6. The highest BCUT2D eigenvalue weighted by atomic mass is 16.2. The third kappa shape index (κ3) is 4.57. The SMILES string of the molecule is O=C(CCC(=O)c1ccccc1)NCc1ccc(N2CCCC2=O)cc1.